The first-order valence-corrected chi connectivity index (χ1v) is 5.69. The average Bonchev–Trinajstić information content (AvgIpc) is 2.30. The van der Waals surface area contributed by atoms with E-state index in [0.717, 1.165) is 12.2 Å². The van der Waals surface area contributed by atoms with Gasteiger partial charge in [0.1, 0.15) is 11.8 Å². The van der Waals surface area contributed by atoms with Gasteiger partial charge < -0.3 is 4.74 Å². The van der Waals surface area contributed by atoms with Gasteiger partial charge in [-0.05, 0) is 18.4 Å². The third kappa shape index (κ3) is 4.00. The van der Waals surface area contributed by atoms with Gasteiger partial charge in [0.2, 0.25) is 0 Å². The molecular formula is C13H18N2O. The van der Waals surface area contributed by atoms with Crippen LogP contribution in [0.4, 0.5) is 0 Å². The van der Waals surface area contributed by atoms with Crippen LogP contribution in [-0.2, 0) is 11.3 Å². The molecule has 1 unspecified atom stereocenters. The van der Waals surface area contributed by atoms with Crippen molar-refractivity contribution in [1.29, 1.82) is 5.26 Å². The van der Waals surface area contributed by atoms with Crippen molar-refractivity contribution in [2.24, 2.45) is 5.92 Å². The molecule has 0 aliphatic rings. The molecule has 1 atom stereocenters. The maximum absolute atomic E-state index is 8.84. The molecule has 0 amide bonds. The van der Waals surface area contributed by atoms with Gasteiger partial charge in [-0.15, -0.1) is 0 Å². The largest absolute Gasteiger partial charge is 0.376 e. The van der Waals surface area contributed by atoms with Gasteiger partial charge in [0.15, 0.2) is 0 Å². The number of ether oxygens (including phenoxy) is 1. The maximum Gasteiger partial charge on any atom is 0.145 e. The van der Waals surface area contributed by atoms with Gasteiger partial charge in [-0.1, -0.05) is 26.3 Å². The summed E-state index contributed by atoms with van der Waals surface area (Å²) in [5, 5.41) is 8.84. The Hall–Kier alpha value is -1.40. The van der Waals surface area contributed by atoms with Crippen molar-refractivity contribution in [1.82, 2.24) is 4.98 Å². The first kappa shape index (κ1) is 12.7. The lowest BCUT2D eigenvalue weighted by molar-refractivity contribution is 0.0890. The lowest BCUT2D eigenvalue weighted by Crippen LogP contribution is -2.06. The van der Waals surface area contributed by atoms with Crippen molar-refractivity contribution in [3.05, 3.63) is 29.6 Å². The Kier molecular flexibility index (Phi) is 5.52. The molecule has 0 bridgehead atoms. The Labute approximate surface area is 97.1 Å². The van der Waals surface area contributed by atoms with Gasteiger partial charge in [0.05, 0.1) is 6.61 Å². The summed E-state index contributed by atoms with van der Waals surface area (Å²) in [5.74, 6) is 0.576. The predicted molar refractivity (Wildman–Crippen MR) is 62.7 cm³/mol. The van der Waals surface area contributed by atoms with Crippen LogP contribution in [0.3, 0.4) is 0 Å². The Bertz CT molecular complexity index is 357. The van der Waals surface area contributed by atoms with E-state index < -0.39 is 0 Å². The number of rotatable bonds is 6. The third-order valence-electron chi connectivity index (χ3n) is 2.44. The first-order valence-electron chi connectivity index (χ1n) is 5.69. The summed E-state index contributed by atoms with van der Waals surface area (Å²) in [7, 11) is 0. The molecule has 0 aliphatic heterocycles. The molecule has 1 aromatic rings. The number of pyridine rings is 1. The summed E-state index contributed by atoms with van der Waals surface area (Å²) in [4.78, 5) is 3.99. The van der Waals surface area contributed by atoms with Crippen LogP contribution in [0.15, 0.2) is 18.3 Å². The monoisotopic (exact) mass is 218 g/mol. The second-order valence-corrected chi connectivity index (χ2v) is 4.03. The zero-order valence-corrected chi connectivity index (χ0v) is 9.94. The number of hydrogen-bond acceptors (Lipinski definition) is 3. The van der Waals surface area contributed by atoms with Gasteiger partial charge in [0.25, 0.3) is 0 Å². The smallest absolute Gasteiger partial charge is 0.145 e. The summed E-state index contributed by atoms with van der Waals surface area (Å²) in [6.07, 6.45) is 3.99. The molecule has 0 fully saturated rings. The van der Waals surface area contributed by atoms with Gasteiger partial charge in [-0.3, -0.25) is 0 Å². The number of nitriles is 1. The molecule has 1 heterocycles. The van der Waals surface area contributed by atoms with E-state index in [1.54, 1.807) is 6.20 Å². The minimum absolute atomic E-state index is 0.464. The van der Waals surface area contributed by atoms with Crippen LogP contribution in [0.1, 0.15) is 37.9 Å². The molecule has 16 heavy (non-hydrogen) atoms. The first-order chi connectivity index (χ1) is 7.77. The summed E-state index contributed by atoms with van der Waals surface area (Å²) in [6.45, 7) is 5.57. The van der Waals surface area contributed by atoms with Gasteiger partial charge in [0, 0.05) is 18.4 Å². The molecule has 3 nitrogen and oxygen atoms in total. The second kappa shape index (κ2) is 6.97. The van der Waals surface area contributed by atoms with Gasteiger partial charge in [-0.25, -0.2) is 4.98 Å². The summed E-state index contributed by atoms with van der Waals surface area (Å²) in [6, 6.07) is 5.78. The fourth-order valence-electron chi connectivity index (χ4n) is 1.60. The SMILES string of the molecule is CCCC(C)COCc1cccnc1C#N. The highest BCUT2D eigenvalue weighted by atomic mass is 16.5. The van der Waals surface area contributed by atoms with Crippen molar-refractivity contribution in [2.45, 2.75) is 33.3 Å². The molecular weight excluding hydrogens is 200 g/mol. The lowest BCUT2D eigenvalue weighted by atomic mass is 10.1. The van der Waals surface area contributed by atoms with E-state index in [9.17, 15) is 0 Å². The van der Waals surface area contributed by atoms with Crippen LogP contribution >= 0.6 is 0 Å². The molecule has 0 saturated heterocycles. The molecule has 86 valence electrons. The molecule has 0 aromatic carbocycles. The van der Waals surface area contributed by atoms with Gasteiger partial charge in [-0.2, -0.15) is 5.26 Å². The zero-order valence-electron chi connectivity index (χ0n) is 9.94. The molecule has 0 radical (unpaired) electrons. The minimum Gasteiger partial charge on any atom is -0.376 e. The Morgan fingerprint density at radius 2 is 2.38 bits per heavy atom. The molecule has 3 heteroatoms. The molecule has 0 saturated carbocycles. The minimum atomic E-state index is 0.464. The van der Waals surface area contributed by atoms with E-state index in [1.807, 2.05) is 12.1 Å². The summed E-state index contributed by atoms with van der Waals surface area (Å²) < 4.78 is 5.59. The van der Waals surface area contributed by atoms with E-state index in [2.05, 4.69) is 24.9 Å². The van der Waals surface area contributed by atoms with E-state index in [1.165, 1.54) is 12.8 Å². The molecule has 1 aromatic heterocycles. The van der Waals surface area contributed by atoms with Crippen molar-refractivity contribution < 1.29 is 4.74 Å². The van der Waals surface area contributed by atoms with Crippen LogP contribution in [0.5, 0.6) is 0 Å². The topological polar surface area (TPSA) is 45.9 Å². The number of aromatic nitrogens is 1. The van der Waals surface area contributed by atoms with E-state index in [0.29, 0.717) is 18.2 Å². The molecule has 1 rings (SSSR count). The molecule has 0 N–H and O–H groups in total. The number of hydrogen-bond donors (Lipinski definition) is 0. The Morgan fingerprint density at radius 3 is 3.06 bits per heavy atom. The van der Waals surface area contributed by atoms with E-state index >= 15 is 0 Å². The van der Waals surface area contributed by atoms with Crippen molar-refractivity contribution in [3.63, 3.8) is 0 Å². The highest BCUT2D eigenvalue weighted by Crippen LogP contribution is 2.09. The quantitative estimate of drug-likeness (QED) is 0.737. The van der Waals surface area contributed by atoms with E-state index in [-0.39, 0.29) is 0 Å². The van der Waals surface area contributed by atoms with Crippen molar-refractivity contribution in [2.75, 3.05) is 6.61 Å². The van der Waals surface area contributed by atoms with E-state index in [4.69, 9.17) is 10.00 Å². The average molecular weight is 218 g/mol. The molecule has 0 aliphatic carbocycles. The zero-order chi connectivity index (χ0) is 11.8. The van der Waals surface area contributed by atoms with Crippen LogP contribution in [0, 0.1) is 17.2 Å². The summed E-state index contributed by atoms with van der Waals surface area (Å²) in [5.41, 5.74) is 1.33. The molecule has 0 spiro atoms. The Balaban J connectivity index is 2.40. The van der Waals surface area contributed by atoms with Crippen LogP contribution in [-0.4, -0.2) is 11.6 Å². The van der Waals surface area contributed by atoms with Gasteiger partial charge >= 0.3 is 0 Å². The highest BCUT2D eigenvalue weighted by molar-refractivity contribution is 5.29. The van der Waals surface area contributed by atoms with Crippen LogP contribution < -0.4 is 0 Å². The Morgan fingerprint density at radius 1 is 1.56 bits per heavy atom. The fourth-order valence-corrected chi connectivity index (χ4v) is 1.60. The van der Waals surface area contributed by atoms with Crippen LogP contribution in [0.25, 0.3) is 0 Å². The second-order valence-electron chi connectivity index (χ2n) is 4.03. The maximum atomic E-state index is 8.84. The summed E-state index contributed by atoms with van der Waals surface area (Å²) >= 11 is 0. The fraction of sp³-hybridized carbons (Fsp3) is 0.538. The predicted octanol–water partition coefficient (Wildman–Crippen LogP) is 2.91. The number of nitrogens with zero attached hydrogens (tertiary/aromatic N) is 2. The highest BCUT2D eigenvalue weighted by Gasteiger charge is 2.04. The third-order valence-corrected chi connectivity index (χ3v) is 2.44. The van der Waals surface area contributed by atoms with Crippen molar-refractivity contribution >= 4 is 0 Å². The van der Waals surface area contributed by atoms with Crippen LogP contribution in [0.2, 0.25) is 0 Å². The van der Waals surface area contributed by atoms with Crippen molar-refractivity contribution in [3.8, 4) is 6.07 Å². The standard InChI is InChI=1S/C13H18N2O/c1-3-5-11(2)9-16-10-12-6-4-7-15-13(12)8-14/h4,6-7,11H,3,5,9-10H2,1-2H3. The normalized spacial score (nSPS) is 12.1. The lowest BCUT2D eigenvalue weighted by Gasteiger charge is -2.10.